The molecule has 4 rings (SSSR count). The molecule has 2 aromatic carbocycles. The molecule has 0 fully saturated rings. The van der Waals surface area contributed by atoms with E-state index in [9.17, 15) is 4.79 Å². The average molecular weight is 406 g/mol. The second-order valence-electron chi connectivity index (χ2n) is 6.16. The van der Waals surface area contributed by atoms with Crippen LogP contribution in [0.15, 0.2) is 95.3 Å². The third kappa shape index (κ3) is 4.52. The van der Waals surface area contributed by atoms with Crippen molar-refractivity contribution in [1.82, 2.24) is 9.78 Å². The van der Waals surface area contributed by atoms with Gasteiger partial charge in [-0.05, 0) is 29.1 Å². The fourth-order valence-corrected chi connectivity index (χ4v) is 4.57. The van der Waals surface area contributed by atoms with Crippen LogP contribution in [0.3, 0.4) is 0 Å². The lowest BCUT2D eigenvalue weighted by atomic mass is 10.1. The molecule has 4 aromatic rings. The van der Waals surface area contributed by atoms with Crippen molar-refractivity contribution < 1.29 is 4.79 Å². The first-order valence-electron chi connectivity index (χ1n) is 8.91. The molecule has 0 bridgehead atoms. The van der Waals surface area contributed by atoms with Gasteiger partial charge in [0, 0.05) is 15.8 Å². The van der Waals surface area contributed by atoms with Gasteiger partial charge < -0.3 is 5.32 Å². The number of hydrogen-bond donors (Lipinski definition) is 1. The first-order chi connectivity index (χ1) is 13.8. The number of anilines is 1. The van der Waals surface area contributed by atoms with Crippen LogP contribution >= 0.6 is 23.1 Å². The van der Waals surface area contributed by atoms with E-state index in [1.807, 2.05) is 82.9 Å². The lowest BCUT2D eigenvalue weighted by Gasteiger charge is -2.17. The van der Waals surface area contributed by atoms with Crippen LogP contribution in [0, 0.1) is 0 Å². The van der Waals surface area contributed by atoms with E-state index < -0.39 is 0 Å². The summed E-state index contributed by atoms with van der Waals surface area (Å²) in [6.45, 7) is 0.641. The van der Waals surface area contributed by atoms with Crippen LogP contribution in [0.4, 0.5) is 5.82 Å². The SMILES string of the molecule is O=C(Nc1ccnn1Cc1cccs1)C(Sc1ccccc1)c1ccccc1. The van der Waals surface area contributed by atoms with Gasteiger partial charge in [0.1, 0.15) is 11.1 Å². The summed E-state index contributed by atoms with van der Waals surface area (Å²) in [5.74, 6) is 0.640. The number of thioether (sulfide) groups is 1. The molecule has 4 nitrogen and oxygen atoms in total. The summed E-state index contributed by atoms with van der Waals surface area (Å²) in [7, 11) is 0. The molecule has 1 unspecified atom stereocenters. The summed E-state index contributed by atoms with van der Waals surface area (Å²) in [5.41, 5.74) is 0.971. The van der Waals surface area contributed by atoms with Crippen LogP contribution in [0.1, 0.15) is 15.7 Å². The Morgan fingerprint density at radius 2 is 1.75 bits per heavy atom. The van der Waals surface area contributed by atoms with Gasteiger partial charge in [0.15, 0.2) is 0 Å². The van der Waals surface area contributed by atoms with Gasteiger partial charge in [-0.15, -0.1) is 23.1 Å². The van der Waals surface area contributed by atoms with Gasteiger partial charge in [0.25, 0.3) is 0 Å². The van der Waals surface area contributed by atoms with Crippen molar-refractivity contribution in [2.45, 2.75) is 16.7 Å². The van der Waals surface area contributed by atoms with E-state index in [-0.39, 0.29) is 11.2 Å². The highest BCUT2D eigenvalue weighted by Crippen LogP contribution is 2.36. The third-order valence-electron chi connectivity index (χ3n) is 4.19. The lowest BCUT2D eigenvalue weighted by Crippen LogP contribution is -2.21. The molecule has 0 aliphatic heterocycles. The first kappa shape index (κ1) is 18.5. The maximum absolute atomic E-state index is 13.2. The van der Waals surface area contributed by atoms with Crippen LogP contribution in [0.5, 0.6) is 0 Å². The molecule has 0 aliphatic rings. The number of carbonyl (C=O) groups is 1. The highest BCUT2D eigenvalue weighted by molar-refractivity contribution is 8.00. The third-order valence-corrected chi connectivity index (χ3v) is 6.32. The molecule has 0 saturated carbocycles. The largest absolute Gasteiger partial charge is 0.310 e. The van der Waals surface area contributed by atoms with Gasteiger partial charge in [-0.3, -0.25) is 4.79 Å². The molecule has 1 N–H and O–H groups in total. The minimum Gasteiger partial charge on any atom is -0.310 e. The summed E-state index contributed by atoms with van der Waals surface area (Å²) in [6, 6.07) is 25.8. The van der Waals surface area contributed by atoms with E-state index in [2.05, 4.69) is 16.5 Å². The summed E-state index contributed by atoms with van der Waals surface area (Å²) in [6.07, 6.45) is 1.71. The van der Waals surface area contributed by atoms with E-state index >= 15 is 0 Å². The van der Waals surface area contributed by atoms with Crippen LogP contribution in [-0.4, -0.2) is 15.7 Å². The van der Waals surface area contributed by atoms with Crippen molar-refractivity contribution >= 4 is 34.8 Å². The highest BCUT2D eigenvalue weighted by Gasteiger charge is 2.23. The molecule has 2 heterocycles. The monoisotopic (exact) mass is 405 g/mol. The normalized spacial score (nSPS) is 11.9. The molecule has 6 heteroatoms. The van der Waals surface area contributed by atoms with Crippen LogP contribution < -0.4 is 5.32 Å². The predicted octanol–water partition coefficient (Wildman–Crippen LogP) is 5.47. The molecular weight excluding hydrogens is 386 g/mol. The summed E-state index contributed by atoms with van der Waals surface area (Å²) >= 11 is 3.22. The Labute approximate surface area is 172 Å². The van der Waals surface area contributed by atoms with Crippen molar-refractivity contribution in [3.63, 3.8) is 0 Å². The van der Waals surface area contributed by atoms with Gasteiger partial charge in [-0.2, -0.15) is 5.10 Å². The molecule has 0 spiro atoms. The number of hydrogen-bond acceptors (Lipinski definition) is 4. The smallest absolute Gasteiger partial charge is 0.243 e. The fraction of sp³-hybridized carbons (Fsp3) is 0.0909. The molecule has 140 valence electrons. The zero-order valence-electron chi connectivity index (χ0n) is 15.1. The first-order valence-corrected chi connectivity index (χ1v) is 10.7. The number of amides is 1. The van der Waals surface area contributed by atoms with Crippen molar-refractivity contribution in [2.24, 2.45) is 0 Å². The van der Waals surface area contributed by atoms with Gasteiger partial charge in [0.2, 0.25) is 5.91 Å². The molecule has 0 saturated heterocycles. The number of nitrogens with zero attached hydrogens (tertiary/aromatic N) is 2. The van der Waals surface area contributed by atoms with Crippen molar-refractivity contribution in [3.8, 4) is 0 Å². The Kier molecular flexibility index (Phi) is 5.89. The van der Waals surface area contributed by atoms with Crippen LogP contribution in [-0.2, 0) is 11.3 Å². The van der Waals surface area contributed by atoms with E-state index in [4.69, 9.17) is 0 Å². The molecular formula is C22H19N3OS2. The topological polar surface area (TPSA) is 46.9 Å². The zero-order chi connectivity index (χ0) is 19.2. The van der Waals surface area contributed by atoms with Crippen molar-refractivity contribution in [1.29, 1.82) is 0 Å². The van der Waals surface area contributed by atoms with Gasteiger partial charge in [0.05, 0.1) is 12.7 Å². The van der Waals surface area contributed by atoms with Crippen LogP contribution in [0.25, 0.3) is 0 Å². The highest BCUT2D eigenvalue weighted by atomic mass is 32.2. The van der Waals surface area contributed by atoms with Crippen LogP contribution in [0.2, 0.25) is 0 Å². The number of aromatic nitrogens is 2. The van der Waals surface area contributed by atoms with Gasteiger partial charge in [-0.1, -0.05) is 54.6 Å². The Morgan fingerprint density at radius 3 is 2.46 bits per heavy atom. The molecule has 1 amide bonds. The lowest BCUT2D eigenvalue weighted by molar-refractivity contribution is -0.115. The quantitative estimate of drug-likeness (QED) is 0.415. The number of nitrogens with one attached hydrogen (secondary N) is 1. The van der Waals surface area contributed by atoms with E-state index in [0.29, 0.717) is 12.4 Å². The summed E-state index contributed by atoms with van der Waals surface area (Å²) in [5, 5.41) is 9.12. The van der Waals surface area contributed by atoms with E-state index in [0.717, 1.165) is 10.5 Å². The molecule has 0 radical (unpaired) electrons. The average Bonchev–Trinajstić information content (AvgIpc) is 3.40. The molecule has 28 heavy (non-hydrogen) atoms. The Morgan fingerprint density at radius 1 is 1.00 bits per heavy atom. The second-order valence-corrected chi connectivity index (χ2v) is 8.38. The maximum Gasteiger partial charge on any atom is 0.243 e. The van der Waals surface area contributed by atoms with E-state index in [1.165, 1.54) is 4.88 Å². The van der Waals surface area contributed by atoms with Gasteiger partial charge >= 0.3 is 0 Å². The zero-order valence-corrected chi connectivity index (χ0v) is 16.7. The minimum atomic E-state index is -0.353. The molecule has 2 aromatic heterocycles. The maximum atomic E-state index is 13.2. The fourth-order valence-electron chi connectivity index (χ4n) is 2.84. The Bertz CT molecular complexity index is 1010. The standard InChI is InChI=1S/C22H19N3OS2/c26-22(24-20-13-14-23-25(20)16-19-12-7-15-27-19)21(17-8-3-1-4-9-17)28-18-10-5-2-6-11-18/h1-15,21H,16H2,(H,24,26). The Balaban J connectivity index is 1.55. The summed E-state index contributed by atoms with van der Waals surface area (Å²) < 4.78 is 1.82. The number of thiophene rings is 1. The van der Waals surface area contributed by atoms with Crippen molar-refractivity contribution in [2.75, 3.05) is 5.32 Å². The van der Waals surface area contributed by atoms with Gasteiger partial charge in [-0.25, -0.2) is 4.68 Å². The number of benzene rings is 2. The second kappa shape index (κ2) is 8.91. The molecule has 1 atom stereocenters. The van der Waals surface area contributed by atoms with E-state index in [1.54, 1.807) is 29.3 Å². The summed E-state index contributed by atoms with van der Waals surface area (Å²) in [4.78, 5) is 15.4. The predicted molar refractivity (Wildman–Crippen MR) is 116 cm³/mol. The molecule has 0 aliphatic carbocycles. The number of carbonyl (C=O) groups excluding carboxylic acids is 1. The minimum absolute atomic E-state index is 0.0621. The Hall–Kier alpha value is -2.83. The number of rotatable bonds is 7. The van der Waals surface area contributed by atoms with Crippen molar-refractivity contribution in [3.05, 3.63) is 101 Å².